The Morgan fingerprint density at radius 1 is 1.17 bits per heavy atom. The van der Waals surface area contributed by atoms with Crippen LogP contribution in [-0.2, 0) is 21.2 Å². The van der Waals surface area contributed by atoms with Crippen molar-refractivity contribution in [1.29, 1.82) is 0 Å². The predicted octanol–water partition coefficient (Wildman–Crippen LogP) is 2.36. The van der Waals surface area contributed by atoms with Crippen LogP contribution in [0, 0.1) is 0 Å². The number of fused-ring (bicyclic) bond motifs is 1. The highest BCUT2D eigenvalue weighted by atomic mass is 32.2. The molecule has 3 rings (SSSR count). The van der Waals surface area contributed by atoms with Gasteiger partial charge in [0.25, 0.3) is 0 Å². The number of aryl methyl sites for hydroxylation is 1. The molecule has 2 atom stereocenters. The number of benzene rings is 2. The summed E-state index contributed by atoms with van der Waals surface area (Å²) in [6, 6.07) is 13.6. The first-order chi connectivity index (χ1) is 13.8. The van der Waals surface area contributed by atoms with E-state index < -0.39 is 22.0 Å². The van der Waals surface area contributed by atoms with Crippen LogP contribution in [0.1, 0.15) is 19.4 Å². The van der Waals surface area contributed by atoms with Gasteiger partial charge in [-0.3, -0.25) is 9.10 Å². The molecule has 0 aromatic heterocycles. The maximum Gasteiger partial charge on any atom is 0.243 e. The van der Waals surface area contributed by atoms with E-state index in [-0.39, 0.29) is 12.6 Å². The topological polar surface area (TPSA) is 84.9 Å². The van der Waals surface area contributed by atoms with Gasteiger partial charge in [-0.15, -0.1) is 0 Å². The fourth-order valence-electron chi connectivity index (χ4n) is 3.21. The predicted molar refractivity (Wildman–Crippen MR) is 112 cm³/mol. The molecule has 1 aliphatic heterocycles. The largest absolute Gasteiger partial charge is 0.486 e. The molecule has 156 valence electrons. The number of ether oxygens (including phenoxy) is 2. The number of carbonyl (C=O) groups excluding carboxylic acids is 1. The zero-order chi connectivity index (χ0) is 21.0. The van der Waals surface area contributed by atoms with Crippen molar-refractivity contribution in [3.8, 4) is 11.5 Å². The number of nitrogens with zero attached hydrogens (tertiary/aromatic N) is 1. The van der Waals surface area contributed by atoms with Gasteiger partial charge in [-0.05, 0) is 43.2 Å². The van der Waals surface area contributed by atoms with Crippen LogP contribution < -0.4 is 19.1 Å². The summed E-state index contributed by atoms with van der Waals surface area (Å²) < 4.78 is 37.4. The number of para-hydroxylation sites is 2. The van der Waals surface area contributed by atoms with Crippen molar-refractivity contribution >= 4 is 21.6 Å². The summed E-state index contributed by atoms with van der Waals surface area (Å²) >= 11 is 0. The Kier molecular flexibility index (Phi) is 6.32. The third-order valence-electron chi connectivity index (χ3n) is 4.76. The minimum atomic E-state index is -3.65. The highest BCUT2D eigenvalue weighted by Gasteiger charge is 2.30. The standard InChI is InChI=1S/C21H26N2O5S/c1-4-16-9-11-17(12-10-16)23(29(3,25)26)15(2)21(24)22-13-18-14-27-19-7-5-6-8-20(19)28-18/h5-12,15,18H,4,13-14H2,1-3H3,(H,22,24)/t15-,18+/m1/s1. The Morgan fingerprint density at radius 3 is 2.45 bits per heavy atom. The molecule has 1 heterocycles. The van der Waals surface area contributed by atoms with E-state index >= 15 is 0 Å². The van der Waals surface area contributed by atoms with Crippen LogP contribution in [0.15, 0.2) is 48.5 Å². The van der Waals surface area contributed by atoms with Gasteiger partial charge in [-0.25, -0.2) is 8.42 Å². The molecular weight excluding hydrogens is 392 g/mol. The Hall–Kier alpha value is -2.74. The maximum absolute atomic E-state index is 12.7. The summed E-state index contributed by atoms with van der Waals surface area (Å²) in [5.74, 6) is 0.888. The van der Waals surface area contributed by atoms with Crippen LogP contribution in [0.2, 0.25) is 0 Å². The fourth-order valence-corrected chi connectivity index (χ4v) is 4.39. The highest BCUT2D eigenvalue weighted by molar-refractivity contribution is 7.92. The molecule has 0 radical (unpaired) electrons. The first kappa shape index (κ1) is 21.0. The van der Waals surface area contributed by atoms with E-state index in [4.69, 9.17) is 9.47 Å². The Bertz CT molecular complexity index is 959. The van der Waals surface area contributed by atoms with Crippen LogP contribution in [-0.4, -0.2) is 45.9 Å². The summed E-state index contributed by atoms with van der Waals surface area (Å²) in [5, 5.41) is 2.78. The summed E-state index contributed by atoms with van der Waals surface area (Å²) in [6.07, 6.45) is 1.60. The van der Waals surface area contributed by atoms with Crippen LogP contribution in [0.5, 0.6) is 11.5 Å². The minimum absolute atomic E-state index is 0.212. The monoisotopic (exact) mass is 418 g/mol. The Labute approximate surface area is 171 Å². The number of amides is 1. The molecular formula is C21H26N2O5S. The third-order valence-corrected chi connectivity index (χ3v) is 6.00. The number of anilines is 1. The van der Waals surface area contributed by atoms with Crippen LogP contribution in [0.25, 0.3) is 0 Å². The van der Waals surface area contributed by atoms with Gasteiger partial charge in [0.2, 0.25) is 15.9 Å². The fraction of sp³-hybridized carbons (Fsp3) is 0.381. The molecule has 2 aromatic rings. The second kappa shape index (κ2) is 8.73. The van der Waals surface area contributed by atoms with E-state index in [0.29, 0.717) is 23.8 Å². The zero-order valence-corrected chi connectivity index (χ0v) is 17.6. The first-order valence-corrected chi connectivity index (χ1v) is 11.4. The number of hydrogen-bond donors (Lipinski definition) is 1. The lowest BCUT2D eigenvalue weighted by molar-refractivity contribution is -0.122. The van der Waals surface area contributed by atoms with E-state index in [9.17, 15) is 13.2 Å². The van der Waals surface area contributed by atoms with Gasteiger partial charge in [0.15, 0.2) is 11.5 Å². The average molecular weight is 419 g/mol. The molecule has 1 aliphatic rings. The van der Waals surface area contributed by atoms with Crippen molar-refractivity contribution < 1.29 is 22.7 Å². The smallest absolute Gasteiger partial charge is 0.243 e. The molecule has 0 unspecified atom stereocenters. The van der Waals surface area contributed by atoms with Crippen LogP contribution in [0.4, 0.5) is 5.69 Å². The molecule has 0 spiro atoms. The molecule has 0 saturated carbocycles. The zero-order valence-electron chi connectivity index (χ0n) is 16.8. The normalized spacial score (nSPS) is 16.7. The van der Waals surface area contributed by atoms with E-state index in [0.717, 1.165) is 22.5 Å². The van der Waals surface area contributed by atoms with Crippen LogP contribution >= 0.6 is 0 Å². The number of carbonyl (C=O) groups is 1. The molecule has 1 amide bonds. The van der Waals surface area contributed by atoms with Gasteiger partial charge in [-0.1, -0.05) is 31.2 Å². The van der Waals surface area contributed by atoms with Gasteiger partial charge < -0.3 is 14.8 Å². The Morgan fingerprint density at radius 2 is 1.83 bits per heavy atom. The quantitative estimate of drug-likeness (QED) is 0.746. The summed E-state index contributed by atoms with van der Waals surface area (Å²) in [7, 11) is -3.65. The molecule has 8 heteroatoms. The molecule has 0 fully saturated rings. The number of nitrogens with one attached hydrogen (secondary N) is 1. The highest BCUT2D eigenvalue weighted by Crippen LogP contribution is 2.30. The Balaban J connectivity index is 1.66. The maximum atomic E-state index is 12.7. The molecule has 1 N–H and O–H groups in total. The van der Waals surface area contributed by atoms with Gasteiger partial charge in [0.05, 0.1) is 18.5 Å². The van der Waals surface area contributed by atoms with Crippen molar-refractivity contribution in [2.75, 3.05) is 23.7 Å². The van der Waals surface area contributed by atoms with E-state index in [2.05, 4.69) is 5.32 Å². The number of rotatable bonds is 7. The van der Waals surface area contributed by atoms with Crippen molar-refractivity contribution in [3.05, 3.63) is 54.1 Å². The van der Waals surface area contributed by atoms with E-state index in [1.807, 2.05) is 37.3 Å². The lowest BCUT2D eigenvalue weighted by Crippen LogP contribution is -2.50. The average Bonchev–Trinajstić information content (AvgIpc) is 2.71. The molecule has 7 nitrogen and oxygen atoms in total. The SMILES string of the molecule is CCc1ccc(N([C@H](C)C(=O)NC[C@H]2COc3ccccc3O2)S(C)(=O)=O)cc1. The second-order valence-corrected chi connectivity index (χ2v) is 8.86. The number of sulfonamides is 1. The van der Waals surface area contributed by atoms with Crippen LogP contribution in [0.3, 0.4) is 0 Å². The molecule has 0 saturated heterocycles. The first-order valence-electron chi connectivity index (χ1n) is 9.54. The summed E-state index contributed by atoms with van der Waals surface area (Å²) in [5.41, 5.74) is 1.55. The summed E-state index contributed by atoms with van der Waals surface area (Å²) in [6.45, 7) is 4.11. The molecule has 29 heavy (non-hydrogen) atoms. The van der Waals surface area contributed by atoms with E-state index in [1.54, 1.807) is 25.1 Å². The molecule has 2 aromatic carbocycles. The minimum Gasteiger partial charge on any atom is -0.486 e. The number of hydrogen-bond acceptors (Lipinski definition) is 5. The molecule has 0 bridgehead atoms. The van der Waals surface area contributed by atoms with E-state index in [1.165, 1.54) is 0 Å². The van der Waals surface area contributed by atoms with Gasteiger partial charge >= 0.3 is 0 Å². The van der Waals surface area contributed by atoms with Crippen molar-refractivity contribution in [3.63, 3.8) is 0 Å². The van der Waals surface area contributed by atoms with Crippen molar-refractivity contribution in [1.82, 2.24) is 5.32 Å². The van der Waals surface area contributed by atoms with Gasteiger partial charge in [0.1, 0.15) is 18.8 Å². The lowest BCUT2D eigenvalue weighted by Gasteiger charge is -2.30. The van der Waals surface area contributed by atoms with Gasteiger partial charge in [-0.2, -0.15) is 0 Å². The van der Waals surface area contributed by atoms with Gasteiger partial charge in [0, 0.05) is 0 Å². The molecule has 0 aliphatic carbocycles. The lowest BCUT2D eigenvalue weighted by atomic mass is 10.1. The summed E-state index contributed by atoms with van der Waals surface area (Å²) in [4.78, 5) is 12.7. The van der Waals surface area contributed by atoms with Crippen molar-refractivity contribution in [2.24, 2.45) is 0 Å². The van der Waals surface area contributed by atoms with Crippen molar-refractivity contribution in [2.45, 2.75) is 32.4 Å². The second-order valence-electron chi connectivity index (χ2n) is 7.00. The third kappa shape index (κ3) is 5.00.